The Morgan fingerprint density at radius 3 is 2.33 bits per heavy atom. The third-order valence-electron chi connectivity index (χ3n) is 0.365. The van der Waals surface area contributed by atoms with Gasteiger partial charge in [-0.3, -0.25) is 4.79 Å². The summed E-state index contributed by atoms with van der Waals surface area (Å²) in [5.74, 6) is -0.241. The molecular formula is C5H5O. The molecule has 0 aliphatic carbocycles. The Bertz CT molecular complexity index is 71.9. The standard InChI is InChI=1S/C5H5O/c1-3-5(6)4-2/h1,3-4H,2H2. The van der Waals surface area contributed by atoms with Crippen LogP contribution in [0.2, 0.25) is 0 Å². The van der Waals surface area contributed by atoms with E-state index in [0.29, 0.717) is 0 Å². The van der Waals surface area contributed by atoms with Gasteiger partial charge in [-0.2, -0.15) is 0 Å². The van der Waals surface area contributed by atoms with E-state index in [0.717, 1.165) is 12.2 Å². The average Bonchev–Trinajstić information content (AvgIpc) is 1.65. The minimum atomic E-state index is -0.241. The molecule has 6 heavy (non-hydrogen) atoms. The summed E-state index contributed by atoms with van der Waals surface area (Å²) in [7, 11) is 0. The van der Waals surface area contributed by atoms with Gasteiger partial charge in [0.05, 0.1) is 0 Å². The molecule has 0 aromatic carbocycles. The second-order valence-electron chi connectivity index (χ2n) is 0.773. The number of carbonyl (C=O) groups is 1. The van der Waals surface area contributed by atoms with Gasteiger partial charge >= 0.3 is 0 Å². The molecule has 0 aliphatic heterocycles. The van der Waals surface area contributed by atoms with E-state index in [9.17, 15) is 4.79 Å². The molecule has 0 aromatic heterocycles. The summed E-state index contributed by atoms with van der Waals surface area (Å²) in [6, 6.07) is 0. The highest BCUT2D eigenvalue weighted by molar-refractivity contribution is 5.97. The van der Waals surface area contributed by atoms with Crippen LogP contribution in [0.15, 0.2) is 18.7 Å². The van der Waals surface area contributed by atoms with Crippen molar-refractivity contribution in [2.45, 2.75) is 0 Å². The Labute approximate surface area is 37.0 Å². The Hall–Kier alpha value is -0.850. The predicted octanol–water partition coefficient (Wildman–Crippen LogP) is 0.731. The highest BCUT2D eigenvalue weighted by atomic mass is 16.1. The Balaban J connectivity index is 3.52. The number of allylic oxidation sites excluding steroid dienone is 2. The van der Waals surface area contributed by atoms with Gasteiger partial charge in [-0.05, 0) is 12.2 Å². The van der Waals surface area contributed by atoms with Crippen LogP contribution in [0, 0.1) is 6.58 Å². The van der Waals surface area contributed by atoms with Gasteiger partial charge in [0.2, 0.25) is 0 Å². The monoisotopic (exact) mass is 81.0 g/mol. The molecule has 0 N–H and O–H groups in total. The van der Waals surface area contributed by atoms with Crippen LogP contribution in [-0.4, -0.2) is 5.78 Å². The smallest absolute Gasteiger partial charge is 0.178 e. The zero-order chi connectivity index (χ0) is 4.99. The summed E-state index contributed by atoms with van der Waals surface area (Å²) < 4.78 is 0. The first-order valence-electron chi connectivity index (χ1n) is 1.52. The predicted molar refractivity (Wildman–Crippen MR) is 24.1 cm³/mol. The van der Waals surface area contributed by atoms with Crippen molar-refractivity contribution >= 4 is 5.78 Å². The molecule has 0 heterocycles. The van der Waals surface area contributed by atoms with Crippen molar-refractivity contribution in [3.05, 3.63) is 25.3 Å². The normalized spacial score (nSPS) is 6.67. The van der Waals surface area contributed by atoms with E-state index in [4.69, 9.17) is 6.58 Å². The summed E-state index contributed by atoms with van der Waals surface area (Å²) in [6.07, 6.45) is 2.12. The van der Waals surface area contributed by atoms with Crippen LogP contribution in [-0.2, 0) is 4.79 Å². The van der Waals surface area contributed by atoms with Crippen LogP contribution in [0.1, 0.15) is 0 Å². The van der Waals surface area contributed by atoms with E-state index in [-0.39, 0.29) is 5.78 Å². The first-order chi connectivity index (χ1) is 2.81. The van der Waals surface area contributed by atoms with Crippen molar-refractivity contribution in [2.24, 2.45) is 0 Å². The molecule has 0 saturated carbocycles. The highest BCUT2D eigenvalue weighted by Gasteiger charge is 1.76. The fraction of sp³-hybridized carbons (Fsp3) is 0. The van der Waals surface area contributed by atoms with Crippen LogP contribution < -0.4 is 0 Å². The van der Waals surface area contributed by atoms with Gasteiger partial charge in [-0.1, -0.05) is 13.2 Å². The third-order valence-corrected chi connectivity index (χ3v) is 0.365. The van der Waals surface area contributed by atoms with Crippen LogP contribution >= 0.6 is 0 Å². The molecule has 31 valence electrons. The highest BCUT2D eigenvalue weighted by Crippen LogP contribution is 1.67. The molecule has 0 aliphatic rings. The minimum absolute atomic E-state index is 0.241. The fourth-order valence-corrected chi connectivity index (χ4v) is 0.0680. The summed E-state index contributed by atoms with van der Waals surface area (Å²) in [6.45, 7) is 7.91. The van der Waals surface area contributed by atoms with Gasteiger partial charge in [0.1, 0.15) is 0 Å². The Morgan fingerprint density at radius 1 is 1.83 bits per heavy atom. The van der Waals surface area contributed by atoms with E-state index in [1.54, 1.807) is 0 Å². The first-order valence-corrected chi connectivity index (χ1v) is 1.52. The molecule has 0 rings (SSSR count). The number of rotatable bonds is 2. The number of hydrogen-bond acceptors (Lipinski definition) is 1. The quantitative estimate of drug-likeness (QED) is 0.448. The maximum atomic E-state index is 9.88. The van der Waals surface area contributed by atoms with E-state index in [2.05, 4.69) is 6.58 Å². The van der Waals surface area contributed by atoms with E-state index < -0.39 is 0 Å². The summed E-state index contributed by atoms with van der Waals surface area (Å²) in [5.41, 5.74) is 0. The largest absolute Gasteiger partial charge is 0.290 e. The van der Waals surface area contributed by atoms with Crippen molar-refractivity contribution in [3.63, 3.8) is 0 Å². The number of carbonyl (C=O) groups excluding carboxylic acids is 1. The lowest BCUT2D eigenvalue weighted by molar-refractivity contribution is -0.110. The van der Waals surface area contributed by atoms with Gasteiger partial charge in [0.25, 0.3) is 0 Å². The Morgan fingerprint density at radius 2 is 2.33 bits per heavy atom. The molecular weight excluding hydrogens is 76.1 g/mol. The average molecular weight is 81.1 g/mol. The third kappa shape index (κ3) is 1.47. The van der Waals surface area contributed by atoms with E-state index >= 15 is 0 Å². The summed E-state index contributed by atoms with van der Waals surface area (Å²) in [5, 5.41) is 0. The second-order valence-corrected chi connectivity index (χ2v) is 0.773. The molecule has 1 radical (unpaired) electrons. The van der Waals surface area contributed by atoms with Crippen LogP contribution in [0.4, 0.5) is 0 Å². The van der Waals surface area contributed by atoms with Crippen LogP contribution in [0.5, 0.6) is 0 Å². The summed E-state index contributed by atoms with van der Waals surface area (Å²) in [4.78, 5) is 9.88. The van der Waals surface area contributed by atoms with Crippen molar-refractivity contribution in [2.75, 3.05) is 0 Å². The molecule has 0 amide bonds. The van der Waals surface area contributed by atoms with Crippen LogP contribution in [0.3, 0.4) is 0 Å². The maximum Gasteiger partial charge on any atom is 0.178 e. The van der Waals surface area contributed by atoms with E-state index in [1.165, 1.54) is 0 Å². The van der Waals surface area contributed by atoms with Crippen molar-refractivity contribution in [3.8, 4) is 0 Å². The van der Waals surface area contributed by atoms with E-state index in [1.807, 2.05) is 0 Å². The first kappa shape index (κ1) is 5.15. The van der Waals surface area contributed by atoms with Gasteiger partial charge in [-0.25, -0.2) is 0 Å². The second kappa shape index (κ2) is 2.39. The van der Waals surface area contributed by atoms with Gasteiger partial charge in [-0.15, -0.1) is 0 Å². The molecule has 0 aromatic rings. The molecule has 0 atom stereocenters. The molecule has 0 fully saturated rings. The molecule has 1 heteroatoms. The van der Waals surface area contributed by atoms with Crippen LogP contribution in [0.25, 0.3) is 0 Å². The maximum absolute atomic E-state index is 9.88. The molecule has 0 bridgehead atoms. The zero-order valence-corrected chi connectivity index (χ0v) is 3.35. The molecule has 0 spiro atoms. The summed E-state index contributed by atoms with van der Waals surface area (Å²) >= 11 is 0. The zero-order valence-electron chi connectivity index (χ0n) is 3.35. The lowest BCUT2D eigenvalue weighted by Gasteiger charge is -1.67. The molecule has 1 nitrogen and oxygen atoms in total. The lowest BCUT2D eigenvalue weighted by Crippen LogP contribution is -1.78. The fourth-order valence-electron chi connectivity index (χ4n) is 0.0680. The molecule has 0 saturated heterocycles. The molecule has 0 unspecified atom stereocenters. The minimum Gasteiger partial charge on any atom is -0.290 e. The number of hydrogen-bond donors (Lipinski definition) is 0. The van der Waals surface area contributed by atoms with Crippen molar-refractivity contribution in [1.82, 2.24) is 0 Å². The topological polar surface area (TPSA) is 17.1 Å². The number of ketones is 1. The van der Waals surface area contributed by atoms with Gasteiger partial charge in [0.15, 0.2) is 5.78 Å². The van der Waals surface area contributed by atoms with Gasteiger partial charge < -0.3 is 0 Å². The van der Waals surface area contributed by atoms with Crippen molar-refractivity contribution in [1.29, 1.82) is 0 Å². The van der Waals surface area contributed by atoms with Crippen molar-refractivity contribution < 1.29 is 4.79 Å². The van der Waals surface area contributed by atoms with Gasteiger partial charge in [0, 0.05) is 0 Å². The SMILES string of the molecule is [CH]=CC(=O)C=C. The Kier molecular flexibility index (Phi) is 2.05. The lowest BCUT2D eigenvalue weighted by atomic mass is 10.4.